The summed E-state index contributed by atoms with van der Waals surface area (Å²) in [5, 5.41) is 1.01. The summed E-state index contributed by atoms with van der Waals surface area (Å²) in [4.78, 5) is 37.0. The molecule has 2 aromatic rings. The SMILES string of the molecule is CC(C)CN1C(=O)N(CC(C)C)C2(CCN(c3nc4ccccc4s3)CC2)C1=O. The molecule has 3 heterocycles. The molecule has 2 aliphatic rings. The van der Waals surface area contributed by atoms with Gasteiger partial charge in [-0.05, 0) is 36.8 Å². The Bertz CT molecular complexity index is 881. The van der Waals surface area contributed by atoms with Gasteiger partial charge in [-0.1, -0.05) is 51.2 Å². The van der Waals surface area contributed by atoms with Crippen LogP contribution in [0.3, 0.4) is 0 Å². The minimum Gasteiger partial charge on any atom is -0.348 e. The number of anilines is 1. The lowest BCUT2D eigenvalue weighted by molar-refractivity contribution is -0.134. The number of rotatable bonds is 5. The molecule has 1 aromatic heterocycles. The third-order valence-electron chi connectivity index (χ3n) is 5.86. The second kappa shape index (κ2) is 7.59. The van der Waals surface area contributed by atoms with Crippen molar-refractivity contribution in [1.29, 1.82) is 0 Å². The van der Waals surface area contributed by atoms with E-state index in [2.05, 4.69) is 24.8 Å². The molecule has 2 aliphatic heterocycles. The van der Waals surface area contributed by atoms with E-state index in [-0.39, 0.29) is 17.9 Å². The highest BCUT2D eigenvalue weighted by atomic mass is 32.1. The zero-order valence-electron chi connectivity index (χ0n) is 17.7. The molecule has 0 aliphatic carbocycles. The molecular weight excluding hydrogens is 384 g/mol. The smallest absolute Gasteiger partial charge is 0.327 e. The highest BCUT2D eigenvalue weighted by Crippen LogP contribution is 2.40. The van der Waals surface area contributed by atoms with Crippen LogP contribution in [0, 0.1) is 11.8 Å². The number of hydrogen-bond acceptors (Lipinski definition) is 5. The summed E-state index contributed by atoms with van der Waals surface area (Å²) in [5.41, 5.74) is 0.327. The molecular formula is C22H30N4O2S. The number of imide groups is 1. The van der Waals surface area contributed by atoms with Gasteiger partial charge in [0.1, 0.15) is 5.54 Å². The lowest BCUT2D eigenvalue weighted by Gasteiger charge is -2.42. The molecule has 0 unspecified atom stereocenters. The van der Waals surface area contributed by atoms with Crippen LogP contribution in [0.2, 0.25) is 0 Å². The third kappa shape index (κ3) is 3.50. The van der Waals surface area contributed by atoms with Crippen LogP contribution >= 0.6 is 11.3 Å². The number of amides is 3. The molecule has 0 atom stereocenters. The highest BCUT2D eigenvalue weighted by Gasteiger charge is 2.58. The number of thiazole rings is 1. The number of para-hydroxylation sites is 1. The van der Waals surface area contributed by atoms with Gasteiger partial charge in [-0.3, -0.25) is 9.69 Å². The van der Waals surface area contributed by atoms with E-state index in [1.165, 1.54) is 9.60 Å². The minimum atomic E-state index is -0.691. The van der Waals surface area contributed by atoms with Crippen molar-refractivity contribution in [3.8, 4) is 0 Å². The molecule has 0 bridgehead atoms. The first-order chi connectivity index (χ1) is 13.8. The number of aromatic nitrogens is 1. The maximum absolute atomic E-state index is 13.4. The molecule has 1 aromatic carbocycles. The van der Waals surface area contributed by atoms with Gasteiger partial charge >= 0.3 is 6.03 Å². The fourth-order valence-corrected chi connectivity index (χ4v) is 5.49. The molecule has 156 valence electrons. The van der Waals surface area contributed by atoms with Gasteiger partial charge in [-0.25, -0.2) is 9.78 Å². The predicted octanol–water partition coefficient (Wildman–Crippen LogP) is 4.21. The molecule has 2 saturated heterocycles. The second-order valence-electron chi connectivity index (χ2n) is 9.08. The van der Waals surface area contributed by atoms with Crippen LogP contribution in [-0.4, -0.2) is 58.4 Å². The van der Waals surface area contributed by atoms with Gasteiger partial charge in [-0.15, -0.1) is 0 Å². The Hall–Kier alpha value is -2.15. The first-order valence-electron chi connectivity index (χ1n) is 10.6. The molecule has 3 amide bonds. The van der Waals surface area contributed by atoms with Gasteiger partial charge in [-0.2, -0.15) is 0 Å². The molecule has 29 heavy (non-hydrogen) atoms. The van der Waals surface area contributed by atoms with E-state index in [9.17, 15) is 9.59 Å². The summed E-state index contributed by atoms with van der Waals surface area (Å²) in [6.07, 6.45) is 1.32. The molecule has 0 saturated carbocycles. The van der Waals surface area contributed by atoms with Crippen LogP contribution in [0.5, 0.6) is 0 Å². The number of nitrogens with zero attached hydrogens (tertiary/aromatic N) is 4. The average molecular weight is 415 g/mol. The van der Waals surface area contributed by atoms with E-state index >= 15 is 0 Å². The monoisotopic (exact) mass is 414 g/mol. The van der Waals surface area contributed by atoms with Crippen molar-refractivity contribution in [2.75, 3.05) is 31.1 Å². The van der Waals surface area contributed by atoms with Crippen molar-refractivity contribution in [1.82, 2.24) is 14.8 Å². The number of fused-ring (bicyclic) bond motifs is 1. The van der Waals surface area contributed by atoms with Gasteiger partial charge in [0.15, 0.2) is 5.13 Å². The molecule has 1 spiro atoms. The average Bonchev–Trinajstić information content (AvgIpc) is 3.19. The molecule has 4 rings (SSSR count). The van der Waals surface area contributed by atoms with Crippen LogP contribution in [-0.2, 0) is 4.79 Å². The van der Waals surface area contributed by atoms with E-state index in [0.717, 1.165) is 23.7 Å². The van der Waals surface area contributed by atoms with Crippen molar-refractivity contribution in [3.05, 3.63) is 24.3 Å². The van der Waals surface area contributed by atoms with Crippen molar-refractivity contribution in [2.45, 2.75) is 46.1 Å². The Morgan fingerprint density at radius 1 is 1.03 bits per heavy atom. The minimum absolute atomic E-state index is 0.000741. The topological polar surface area (TPSA) is 56.8 Å². The van der Waals surface area contributed by atoms with Crippen molar-refractivity contribution in [2.24, 2.45) is 11.8 Å². The second-order valence-corrected chi connectivity index (χ2v) is 10.1. The largest absolute Gasteiger partial charge is 0.348 e. The van der Waals surface area contributed by atoms with Crippen LogP contribution in [0.15, 0.2) is 24.3 Å². The van der Waals surface area contributed by atoms with Gasteiger partial charge in [0.2, 0.25) is 0 Å². The van der Waals surface area contributed by atoms with E-state index in [4.69, 9.17) is 4.98 Å². The quantitative estimate of drug-likeness (QED) is 0.688. The fourth-order valence-electron chi connectivity index (χ4n) is 4.47. The predicted molar refractivity (Wildman–Crippen MR) is 117 cm³/mol. The van der Waals surface area contributed by atoms with E-state index < -0.39 is 5.54 Å². The number of urea groups is 1. The van der Waals surface area contributed by atoms with E-state index in [1.807, 2.05) is 36.9 Å². The fraction of sp³-hybridized carbons (Fsp3) is 0.591. The number of hydrogen-bond donors (Lipinski definition) is 0. The number of piperidine rings is 1. The maximum Gasteiger partial charge on any atom is 0.327 e. The Morgan fingerprint density at radius 2 is 1.69 bits per heavy atom. The highest BCUT2D eigenvalue weighted by molar-refractivity contribution is 7.22. The molecule has 0 radical (unpaired) electrons. The van der Waals surface area contributed by atoms with Crippen LogP contribution in [0.1, 0.15) is 40.5 Å². The van der Waals surface area contributed by atoms with Gasteiger partial charge < -0.3 is 9.80 Å². The summed E-state index contributed by atoms with van der Waals surface area (Å²) in [5.74, 6) is 0.590. The lowest BCUT2D eigenvalue weighted by atomic mass is 9.85. The van der Waals surface area contributed by atoms with Gasteiger partial charge in [0.25, 0.3) is 5.91 Å². The number of benzene rings is 1. The third-order valence-corrected chi connectivity index (χ3v) is 6.96. The summed E-state index contributed by atoms with van der Waals surface area (Å²) in [6.45, 7) is 10.9. The Morgan fingerprint density at radius 3 is 2.31 bits per heavy atom. The lowest BCUT2D eigenvalue weighted by Crippen LogP contribution is -2.57. The Balaban J connectivity index is 1.57. The van der Waals surface area contributed by atoms with Crippen LogP contribution in [0.25, 0.3) is 10.2 Å². The van der Waals surface area contributed by atoms with Gasteiger partial charge in [0, 0.05) is 26.2 Å². The van der Waals surface area contributed by atoms with Gasteiger partial charge in [0.05, 0.1) is 10.2 Å². The van der Waals surface area contributed by atoms with Crippen LogP contribution in [0.4, 0.5) is 9.93 Å². The molecule has 6 nitrogen and oxygen atoms in total. The first kappa shape index (κ1) is 20.1. The summed E-state index contributed by atoms with van der Waals surface area (Å²) in [7, 11) is 0. The first-order valence-corrected chi connectivity index (χ1v) is 11.4. The van der Waals surface area contributed by atoms with E-state index in [0.29, 0.717) is 31.8 Å². The Labute approximate surface area is 176 Å². The summed E-state index contributed by atoms with van der Waals surface area (Å²) >= 11 is 1.70. The van der Waals surface area contributed by atoms with Crippen molar-refractivity contribution < 1.29 is 9.59 Å². The number of carbonyl (C=O) groups excluding carboxylic acids is 2. The van der Waals surface area contributed by atoms with Crippen molar-refractivity contribution >= 4 is 38.6 Å². The maximum atomic E-state index is 13.4. The zero-order valence-corrected chi connectivity index (χ0v) is 18.5. The Kier molecular flexibility index (Phi) is 5.27. The normalized spacial score (nSPS) is 19.6. The standard InChI is InChI=1S/C22H30N4O2S/c1-15(2)13-25-19(27)22(26(21(25)28)14-16(3)4)9-11-24(12-10-22)20-23-17-7-5-6-8-18(17)29-20/h5-8,15-16H,9-14H2,1-4H3. The zero-order chi connectivity index (χ0) is 20.8. The molecule has 7 heteroatoms. The number of carbonyl (C=O) groups is 2. The van der Waals surface area contributed by atoms with Crippen molar-refractivity contribution in [3.63, 3.8) is 0 Å². The summed E-state index contributed by atoms with van der Waals surface area (Å²) < 4.78 is 1.18. The van der Waals surface area contributed by atoms with Crippen LogP contribution < -0.4 is 4.90 Å². The molecule has 2 fully saturated rings. The summed E-state index contributed by atoms with van der Waals surface area (Å²) in [6, 6.07) is 8.06. The van der Waals surface area contributed by atoms with E-state index in [1.54, 1.807) is 11.3 Å². The molecule has 0 N–H and O–H groups in total.